The summed E-state index contributed by atoms with van der Waals surface area (Å²) in [6, 6.07) is 16.9. The maximum Gasteiger partial charge on any atom is 0.118 e. The van der Waals surface area contributed by atoms with Gasteiger partial charge in [-0.3, -0.25) is 4.90 Å². The third-order valence-corrected chi connectivity index (χ3v) is 7.71. The molecule has 0 radical (unpaired) electrons. The molecule has 1 saturated heterocycles. The first-order valence-electron chi connectivity index (χ1n) is 11.9. The van der Waals surface area contributed by atoms with Crippen molar-refractivity contribution >= 4 is 33.8 Å². The summed E-state index contributed by atoms with van der Waals surface area (Å²) in [5.74, 6) is 1.19. The maximum atomic E-state index is 11.4. The van der Waals surface area contributed by atoms with E-state index in [1.165, 1.54) is 28.5 Å². The Kier molecular flexibility index (Phi) is 10.0. The van der Waals surface area contributed by atoms with E-state index in [-0.39, 0.29) is 18.3 Å². The molecule has 0 bridgehead atoms. The second-order valence-electron chi connectivity index (χ2n) is 8.96. The van der Waals surface area contributed by atoms with Crippen LogP contribution in [0.2, 0.25) is 0 Å². The van der Waals surface area contributed by atoms with Crippen molar-refractivity contribution in [2.75, 3.05) is 39.8 Å². The summed E-state index contributed by atoms with van der Waals surface area (Å²) in [7, 11) is 1.71. The van der Waals surface area contributed by atoms with Crippen LogP contribution in [0.15, 0.2) is 53.9 Å². The average molecular weight is 489 g/mol. The van der Waals surface area contributed by atoms with Gasteiger partial charge in [-0.15, -0.1) is 23.7 Å². The van der Waals surface area contributed by atoms with Crippen molar-refractivity contribution in [3.63, 3.8) is 0 Å². The number of piperazine rings is 1. The van der Waals surface area contributed by atoms with E-state index in [4.69, 9.17) is 4.74 Å². The van der Waals surface area contributed by atoms with E-state index in [9.17, 15) is 5.11 Å². The Balaban J connectivity index is 0.00000306. The second kappa shape index (κ2) is 12.7. The number of hydrogen-bond donors (Lipinski definition) is 1. The Labute approximate surface area is 208 Å². The Morgan fingerprint density at radius 3 is 2.39 bits per heavy atom. The van der Waals surface area contributed by atoms with Gasteiger partial charge in [0.2, 0.25) is 0 Å². The summed E-state index contributed by atoms with van der Waals surface area (Å²) in [5.41, 5.74) is 2.45. The summed E-state index contributed by atoms with van der Waals surface area (Å²) in [6.45, 7) is 8.48. The van der Waals surface area contributed by atoms with E-state index in [1.807, 2.05) is 12.1 Å². The highest BCUT2D eigenvalue weighted by atomic mass is 35.5. The SMILES string of the molecule is CCCCC(CN1CCN(Cc2ccc(OC)cc2)CC1)C(O)c1csc2ccccc12.Cl. The number of unbranched alkanes of at least 4 members (excludes halogenated alkanes) is 1. The molecule has 33 heavy (non-hydrogen) atoms. The van der Waals surface area contributed by atoms with Crippen LogP contribution in [-0.2, 0) is 6.54 Å². The van der Waals surface area contributed by atoms with Crippen LogP contribution >= 0.6 is 23.7 Å². The van der Waals surface area contributed by atoms with E-state index in [0.717, 1.165) is 57.0 Å². The number of rotatable bonds is 10. The maximum absolute atomic E-state index is 11.4. The van der Waals surface area contributed by atoms with Gasteiger partial charge < -0.3 is 14.7 Å². The van der Waals surface area contributed by atoms with E-state index in [1.54, 1.807) is 18.4 Å². The molecule has 1 N–H and O–H groups in total. The van der Waals surface area contributed by atoms with Crippen LogP contribution in [0.5, 0.6) is 5.75 Å². The van der Waals surface area contributed by atoms with Gasteiger partial charge in [-0.2, -0.15) is 0 Å². The summed E-state index contributed by atoms with van der Waals surface area (Å²) < 4.78 is 6.53. The standard InChI is InChI=1S/C27H36N2O2S.ClH/c1-3-4-7-22(27(30)25-20-32-26-9-6-5-8-24(25)26)19-29-16-14-28(15-17-29)18-21-10-12-23(31-2)13-11-21;/h5-6,8-13,20,22,27,30H,3-4,7,14-19H2,1-2H3;1H. The van der Waals surface area contributed by atoms with Gasteiger partial charge in [-0.25, -0.2) is 0 Å². The largest absolute Gasteiger partial charge is 0.497 e. The van der Waals surface area contributed by atoms with Crippen molar-refractivity contribution in [3.8, 4) is 5.75 Å². The number of fused-ring (bicyclic) bond motifs is 1. The van der Waals surface area contributed by atoms with E-state index >= 15 is 0 Å². The molecule has 2 heterocycles. The number of hydrogen-bond acceptors (Lipinski definition) is 5. The van der Waals surface area contributed by atoms with Gasteiger partial charge >= 0.3 is 0 Å². The number of methoxy groups -OCH3 is 1. The van der Waals surface area contributed by atoms with Crippen molar-refractivity contribution in [3.05, 3.63) is 65.0 Å². The molecule has 2 aromatic carbocycles. The summed E-state index contributed by atoms with van der Waals surface area (Å²) in [6.07, 6.45) is 3.02. The molecule has 1 aromatic heterocycles. The van der Waals surface area contributed by atoms with Crippen molar-refractivity contribution in [1.82, 2.24) is 9.80 Å². The van der Waals surface area contributed by atoms with Crippen LogP contribution in [0.4, 0.5) is 0 Å². The molecular formula is C27H37ClN2O2S. The topological polar surface area (TPSA) is 35.9 Å². The monoisotopic (exact) mass is 488 g/mol. The highest BCUT2D eigenvalue weighted by Crippen LogP contribution is 2.35. The number of benzene rings is 2. The van der Waals surface area contributed by atoms with Crippen molar-refractivity contribution in [2.24, 2.45) is 5.92 Å². The Morgan fingerprint density at radius 1 is 1.00 bits per heavy atom. The fraction of sp³-hybridized carbons (Fsp3) is 0.481. The quantitative estimate of drug-likeness (QED) is 0.380. The van der Waals surface area contributed by atoms with Crippen LogP contribution < -0.4 is 4.74 Å². The Hall–Kier alpha value is -1.63. The lowest BCUT2D eigenvalue weighted by Crippen LogP contribution is -2.47. The number of aliphatic hydroxyl groups is 1. The Morgan fingerprint density at radius 2 is 1.70 bits per heavy atom. The zero-order valence-corrected chi connectivity index (χ0v) is 21.4. The number of aliphatic hydroxyl groups excluding tert-OH is 1. The van der Waals surface area contributed by atoms with Gasteiger partial charge in [-0.1, -0.05) is 50.1 Å². The van der Waals surface area contributed by atoms with Gasteiger partial charge in [0, 0.05) is 49.9 Å². The zero-order chi connectivity index (χ0) is 22.3. The molecule has 6 heteroatoms. The van der Waals surface area contributed by atoms with Crippen molar-refractivity contribution < 1.29 is 9.84 Å². The molecule has 1 fully saturated rings. The minimum atomic E-state index is -0.393. The first kappa shape index (κ1) is 26.0. The zero-order valence-electron chi connectivity index (χ0n) is 19.8. The summed E-state index contributed by atoms with van der Waals surface area (Å²) in [5, 5.41) is 14.8. The number of ether oxygens (including phenoxy) is 1. The Bertz CT molecular complexity index is 970. The van der Waals surface area contributed by atoms with Crippen LogP contribution in [0, 0.1) is 5.92 Å². The van der Waals surface area contributed by atoms with Crippen LogP contribution in [-0.4, -0.2) is 54.7 Å². The molecule has 1 aliphatic rings. The van der Waals surface area contributed by atoms with E-state index < -0.39 is 6.10 Å². The van der Waals surface area contributed by atoms with Crippen molar-refractivity contribution in [2.45, 2.75) is 38.8 Å². The van der Waals surface area contributed by atoms with Gasteiger partial charge in [0.25, 0.3) is 0 Å². The average Bonchev–Trinajstić information content (AvgIpc) is 3.27. The minimum absolute atomic E-state index is 0. The van der Waals surface area contributed by atoms with Gasteiger partial charge in [-0.05, 0) is 46.5 Å². The van der Waals surface area contributed by atoms with E-state index in [2.05, 4.69) is 58.5 Å². The van der Waals surface area contributed by atoms with Crippen molar-refractivity contribution in [1.29, 1.82) is 0 Å². The molecule has 0 amide bonds. The van der Waals surface area contributed by atoms with Crippen LogP contribution in [0.3, 0.4) is 0 Å². The molecule has 0 saturated carbocycles. The minimum Gasteiger partial charge on any atom is -0.497 e. The molecule has 180 valence electrons. The van der Waals surface area contributed by atoms with Gasteiger partial charge in [0.15, 0.2) is 0 Å². The van der Waals surface area contributed by atoms with Gasteiger partial charge in [0.05, 0.1) is 13.2 Å². The lowest BCUT2D eigenvalue weighted by Gasteiger charge is -2.37. The van der Waals surface area contributed by atoms with E-state index in [0.29, 0.717) is 0 Å². The molecule has 2 atom stereocenters. The lowest BCUT2D eigenvalue weighted by atomic mass is 9.90. The fourth-order valence-electron chi connectivity index (χ4n) is 4.75. The predicted octanol–water partition coefficient (Wildman–Crippen LogP) is 5.99. The molecule has 3 aromatic rings. The molecular weight excluding hydrogens is 452 g/mol. The first-order chi connectivity index (χ1) is 15.7. The number of thiophene rings is 1. The highest BCUT2D eigenvalue weighted by molar-refractivity contribution is 7.17. The molecule has 0 aliphatic carbocycles. The smallest absolute Gasteiger partial charge is 0.118 e. The lowest BCUT2D eigenvalue weighted by molar-refractivity contribution is 0.0517. The third kappa shape index (κ3) is 6.71. The van der Waals surface area contributed by atoms with Crippen LogP contribution in [0.25, 0.3) is 10.1 Å². The molecule has 4 rings (SSSR count). The number of nitrogens with zero attached hydrogens (tertiary/aromatic N) is 2. The molecule has 2 unspecified atom stereocenters. The normalized spacial score (nSPS) is 16.9. The molecule has 0 spiro atoms. The highest BCUT2D eigenvalue weighted by Gasteiger charge is 2.27. The fourth-order valence-corrected chi connectivity index (χ4v) is 5.74. The second-order valence-corrected chi connectivity index (χ2v) is 9.87. The molecule has 1 aliphatic heterocycles. The molecule has 4 nitrogen and oxygen atoms in total. The van der Waals surface area contributed by atoms with Crippen LogP contribution in [0.1, 0.15) is 43.4 Å². The third-order valence-electron chi connectivity index (χ3n) is 6.73. The first-order valence-corrected chi connectivity index (χ1v) is 12.8. The summed E-state index contributed by atoms with van der Waals surface area (Å²) in [4.78, 5) is 5.09. The summed E-state index contributed by atoms with van der Waals surface area (Å²) >= 11 is 1.74. The number of halogens is 1. The predicted molar refractivity (Wildman–Crippen MR) is 142 cm³/mol. The van der Waals surface area contributed by atoms with Gasteiger partial charge in [0.1, 0.15) is 5.75 Å².